The summed E-state index contributed by atoms with van der Waals surface area (Å²) in [6.45, 7) is 8.25. The summed E-state index contributed by atoms with van der Waals surface area (Å²) in [5, 5.41) is 13.9. The zero-order valence-electron chi connectivity index (χ0n) is 12.6. The normalized spacial score (nSPS) is 11.4. The summed E-state index contributed by atoms with van der Waals surface area (Å²) in [6.07, 6.45) is 0.770. The van der Waals surface area contributed by atoms with Gasteiger partial charge in [0.25, 0.3) is 11.5 Å². The Balaban J connectivity index is 3.01. The molecule has 6 nitrogen and oxygen atoms in total. The molecule has 0 saturated heterocycles. The largest absolute Gasteiger partial charge is 0.389 e. The molecule has 0 aliphatic carbocycles. The topological polar surface area (TPSA) is 75.4 Å². The van der Waals surface area contributed by atoms with Gasteiger partial charge in [-0.1, -0.05) is 6.92 Å². The van der Waals surface area contributed by atoms with E-state index in [4.69, 9.17) is 0 Å². The fourth-order valence-electron chi connectivity index (χ4n) is 1.89. The van der Waals surface area contributed by atoms with Crippen LogP contribution in [-0.4, -0.2) is 44.4 Å². The molecule has 1 N–H and O–H groups in total. The van der Waals surface area contributed by atoms with E-state index in [1.165, 1.54) is 21.7 Å². The number of likely N-dealkylation sites (N-methyl/N-ethyl adjacent to an activating group) is 1. The number of carbonyl (C=O) groups excluding carboxylic acids is 1. The van der Waals surface area contributed by atoms with Crippen molar-refractivity contribution >= 4 is 5.91 Å². The molecule has 20 heavy (non-hydrogen) atoms. The van der Waals surface area contributed by atoms with E-state index in [0.29, 0.717) is 13.1 Å². The van der Waals surface area contributed by atoms with E-state index in [1.807, 2.05) is 13.8 Å². The Morgan fingerprint density at radius 1 is 1.40 bits per heavy atom. The van der Waals surface area contributed by atoms with E-state index in [2.05, 4.69) is 5.10 Å². The van der Waals surface area contributed by atoms with Gasteiger partial charge in [0.2, 0.25) is 0 Å². The molecule has 1 aromatic rings. The van der Waals surface area contributed by atoms with Gasteiger partial charge in [0.1, 0.15) is 5.69 Å². The molecule has 0 radical (unpaired) electrons. The number of aryl methyl sites for hydroxylation is 1. The number of nitrogens with zero attached hydrogens (tertiary/aromatic N) is 3. The molecule has 0 unspecified atom stereocenters. The molecular weight excluding hydrogens is 258 g/mol. The van der Waals surface area contributed by atoms with Crippen molar-refractivity contribution in [3.8, 4) is 0 Å². The average molecular weight is 281 g/mol. The first-order valence-electron chi connectivity index (χ1n) is 6.88. The Kier molecular flexibility index (Phi) is 5.44. The van der Waals surface area contributed by atoms with Crippen LogP contribution in [0.2, 0.25) is 0 Å². The molecule has 112 valence electrons. The molecule has 0 aromatic carbocycles. The first-order chi connectivity index (χ1) is 9.28. The third kappa shape index (κ3) is 4.45. The predicted octanol–water partition coefficient (Wildman–Crippen LogP) is 0.886. The maximum Gasteiger partial charge on any atom is 0.274 e. The molecule has 6 heteroatoms. The molecule has 1 rings (SSSR count). The summed E-state index contributed by atoms with van der Waals surface area (Å²) in [7, 11) is 0. The fourth-order valence-corrected chi connectivity index (χ4v) is 1.89. The summed E-state index contributed by atoms with van der Waals surface area (Å²) in [6, 6.07) is 2.79. The van der Waals surface area contributed by atoms with E-state index >= 15 is 0 Å². The lowest BCUT2D eigenvalue weighted by molar-refractivity contribution is 0.0310. The second-order valence-electron chi connectivity index (χ2n) is 5.41. The lowest BCUT2D eigenvalue weighted by Crippen LogP contribution is -2.43. The van der Waals surface area contributed by atoms with Gasteiger partial charge in [0.05, 0.1) is 5.60 Å². The molecule has 0 atom stereocenters. The fraction of sp³-hybridized carbons (Fsp3) is 0.643. The van der Waals surface area contributed by atoms with Gasteiger partial charge in [-0.25, -0.2) is 4.68 Å². The molecule has 0 aliphatic heterocycles. The molecule has 0 aliphatic rings. The van der Waals surface area contributed by atoms with E-state index in [1.54, 1.807) is 13.8 Å². The Morgan fingerprint density at radius 3 is 2.55 bits per heavy atom. The highest BCUT2D eigenvalue weighted by Gasteiger charge is 2.23. The Labute approximate surface area is 119 Å². The van der Waals surface area contributed by atoms with E-state index in [-0.39, 0.29) is 23.7 Å². The second kappa shape index (κ2) is 6.65. The lowest BCUT2D eigenvalue weighted by Gasteiger charge is -2.27. The summed E-state index contributed by atoms with van der Waals surface area (Å²) in [5.41, 5.74) is -0.957. The van der Waals surface area contributed by atoms with Crippen LogP contribution in [0.15, 0.2) is 16.9 Å². The third-order valence-electron chi connectivity index (χ3n) is 2.77. The second-order valence-corrected chi connectivity index (χ2v) is 5.41. The molecule has 0 spiro atoms. The van der Waals surface area contributed by atoms with Gasteiger partial charge in [-0.15, -0.1) is 0 Å². The minimum atomic E-state index is -0.969. The summed E-state index contributed by atoms with van der Waals surface area (Å²) in [5.74, 6) is -0.278. The number of carbonyl (C=O) groups is 1. The third-order valence-corrected chi connectivity index (χ3v) is 2.77. The SMILES string of the molecule is CCCn1nc(C(=O)N(CC)CC(C)(C)O)ccc1=O. The highest BCUT2D eigenvalue weighted by atomic mass is 16.3. The number of rotatable bonds is 6. The van der Waals surface area contributed by atoms with Crippen molar-refractivity contribution in [1.82, 2.24) is 14.7 Å². The zero-order chi connectivity index (χ0) is 15.3. The molecular formula is C14H23N3O3. The smallest absolute Gasteiger partial charge is 0.274 e. The first kappa shape index (κ1) is 16.4. The van der Waals surface area contributed by atoms with Gasteiger partial charge in [0, 0.05) is 25.7 Å². The number of hydrogen-bond donors (Lipinski definition) is 1. The quantitative estimate of drug-likeness (QED) is 0.840. The highest BCUT2D eigenvalue weighted by Crippen LogP contribution is 2.08. The number of aromatic nitrogens is 2. The van der Waals surface area contributed by atoms with Crippen LogP contribution in [0, 0.1) is 0 Å². The molecule has 0 fully saturated rings. The van der Waals surface area contributed by atoms with Crippen molar-refractivity contribution < 1.29 is 9.90 Å². The average Bonchev–Trinajstić information content (AvgIpc) is 2.37. The monoisotopic (exact) mass is 281 g/mol. The van der Waals surface area contributed by atoms with Crippen molar-refractivity contribution in [3.63, 3.8) is 0 Å². The Hall–Kier alpha value is -1.69. The molecule has 0 bridgehead atoms. The van der Waals surface area contributed by atoms with Crippen LogP contribution in [0.4, 0.5) is 0 Å². The van der Waals surface area contributed by atoms with Crippen molar-refractivity contribution in [2.45, 2.75) is 46.3 Å². The Bertz CT molecular complexity index is 517. The summed E-state index contributed by atoms with van der Waals surface area (Å²) >= 11 is 0. The van der Waals surface area contributed by atoms with Crippen molar-refractivity contribution in [1.29, 1.82) is 0 Å². The maximum atomic E-state index is 12.4. The molecule has 1 aromatic heterocycles. The van der Waals surface area contributed by atoms with Crippen LogP contribution < -0.4 is 5.56 Å². The van der Waals surface area contributed by atoms with Crippen LogP contribution in [0.5, 0.6) is 0 Å². The number of aliphatic hydroxyl groups is 1. The van der Waals surface area contributed by atoms with Crippen LogP contribution >= 0.6 is 0 Å². The van der Waals surface area contributed by atoms with Crippen LogP contribution in [0.3, 0.4) is 0 Å². The number of hydrogen-bond acceptors (Lipinski definition) is 4. The standard InChI is InChI=1S/C14H23N3O3/c1-5-9-17-12(18)8-7-11(15-17)13(19)16(6-2)10-14(3,4)20/h7-8,20H,5-6,9-10H2,1-4H3. The van der Waals surface area contributed by atoms with Crippen molar-refractivity contribution in [3.05, 3.63) is 28.2 Å². The number of amides is 1. The van der Waals surface area contributed by atoms with Gasteiger partial charge in [-0.05, 0) is 33.3 Å². The summed E-state index contributed by atoms with van der Waals surface area (Å²) in [4.78, 5) is 25.5. The minimum absolute atomic E-state index is 0.214. The minimum Gasteiger partial charge on any atom is -0.389 e. The lowest BCUT2D eigenvalue weighted by atomic mass is 10.1. The zero-order valence-corrected chi connectivity index (χ0v) is 12.6. The first-order valence-corrected chi connectivity index (χ1v) is 6.88. The van der Waals surface area contributed by atoms with Gasteiger partial charge in [-0.2, -0.15) is 5.10 Å². The molecule has 1 amide bonds. The van der Waals surface area contributed by atoms with Crippen molar-refractivity contribution in [2.75, 3.05) is 13.1 Å². The Morgan fingerprint density at radius 2 is 2.05 bits per heavy atom. The van der Waals surface area contributed by atoms with E-state index in [9.17, 15) is 14.7 Å². The highest BCUT2D eigenvalue weighted by molar-refractivity contribution is 5.92. The van der Waals surface area contributed by atoms with Gasteiger partial charge >= 0.3 is 0 Å². The maximum absolute atomic E-state index is 12.4. The van der Waals surface area contributed by atoms with E-state index in [0.717, 1.165) is 6.42 Å². The molecule has 0 saturated carbocycles. The summed E-state index contributed by atoms with van der Waals surface area (Å²) < 4.78 is 1.30. The van der Waals surface area contributed by atoms with Crippen LogP contribution in [-0.2, 0) is 6.54 Å². The van der Waals surface area contributed by atoms with Crippen LogP contribution in [0.25, 0.3) is 0 Å². The van der Waals surface area contributed by atoms with Crippen LogP contribution in [0.1, 0.15) is 44.6 Å². The van der Waals surface area contributed by atoms with E-state index < -0.39 is 5.60 Å². The van der Waals surface area contributed by atoms with Gasteiger partial charge in [-0.3, -0.25) is 9.59 Å². The molecule has 1 heterocycles. The predicted molar refractivity (Wildman–Crippen MR) is 76.7 cm³/mol. The van der Waals surface area contributed by atoms with Crippen molar-refractivity contribution in [2.24, 2.45) is 0 Å². The van der Waals surface area contributed by atoms with Gasteiger partial charge in [0.15, 0.2) is 0 Å². The van der Waals surface area contributed by atoms with Gasteiger partial charge < -0.3 is 10.0 Å².